The number of hydrogen-bond donors (Lipinski definition) is 1. The second-order valence-electron chi connectivity index (χ2n) is 7.70. The topological polar surface area (TPSA) is 105 Å². The van der Waals surface area contributed by atoms with Crippen molar-refractivity contribution in [2.75, 3.05) is 26.7 Å². The maximum absolute atomic E-state index is 12.9. The number of nitrogens with zero attached hydrogens (tertiary/aromatic N) is 1. The largest absolute Gasteiger partial charge is 1.00 e. The van der Waals surface area contributed by atoms with Crippen LogP contribution in [0.1, 0.15) is 60.5 Å². The van der Waals surface area contributed by atoms with E-state index in [-0.39, 0.29) is 35.0 Å². The zero-order valence-electron chi connectivity index (χ0n) is 17.0. The van der Waals surface area contributed by atoms with Gasteiger partial charge in [-0.1, -0.05) is 18.2 Å². The first-order valence-electron chi connectivity index (χ1n) is 9.84. The number of amides is 1. The van der Waals surface area contributed by atoms with E-state index in [4.69, 9.17) is 0 Å². The van der Waals surface area contributed by atoms with Crippen molar-refractivity contribution in [3.05, 3.63) is 34.9 Å². The molecule has 1 aromatic carbocycles. The molecule has 0 spiro atoms. The van der Waals surface area contributed by atoms with Crippen LogP contribution in [0, 0.1) is 0 Å². The average Bonchev–Trinajstić information content (AvgIpc) is 2.62. The van der Waals surface area contributed by atoms with Crippen LogP contribution in [-0.4, -0.2) is 60.3 Å². The minimum absolute atomic E-state index is 0. The third-order valence-electron chi connectivity index (χ3n) is 5.81. The van der Waals surface area contributed by atoms with Crippen LogP contribution in [0.3, 0.4) is 0 Å². The van der Waals surface area contributed by atoms with E-state index in [0.717, 1.165) is 62.0 Å². The molecule has 1 amide bonds. The average molecular weight is 415 g/mol. The van der Waals surface area contributed by atoms with Gasteiger partial charge in [-0.25, -0.2) is 0 Å². The quantitative estimate of drug-likeness (QED) is 0.555. The van der Waals surface area contributed by atoms with Gasteiger partial charge in [0.15, 0.2) is 5.78 Å². The molecular formula is C21H35ClN2O4. The number of likely N-dealkylation sites (tertiary alicyclic amines) is 1. The van der Waals surface area contributed by atoms with E-state index >= 15 is 0 Å². The van der Waals surface area contributed by atoms with Crippen molar-refractivity contribution >= 4 is 11.7 Å². The minimum Gasteiger partial charge on any atom is -1.00 e. The number of quaternary nitrogens is 1. The van der Waals surface area contributed by atoms with Crippen molar-refractivity contribution in [1.82, 2.24) is 4.90 Å². The van der Waals surface area contributed by atoms with Crippen molar-refractivity contribution in [2.45, 2.75) is 57.9 Å². The fraction of sp³-hybridized carbons (Fsp3) is 0.619. The highest BCUT2D eigenvalue weighted by Gasteiger charge is 2.29. The summed E-state index contributed by atoms with van der Waals surface area (Å²) in [6, 6.07) is 6.37. The second-order valence-corrected chi connectivity index (χ2v) is 7.70. The van der Waals surface area contributed by atoms with Crippen LogP contribution >= 0.6 is 0 Å². The number of carbonyl (C=O) groups is 2. The number of nitrogens with one attached hydrogen (secondary N) is 1. The lowest BCUT2D eigenvalue weighted by Crippen LogP contribution is -3.10. The summed E-state index contributed by atoms with van der Waals surface area (Å²) in [6.07, 6.45) is 6.49. The summed E-state index contributed by atoms with van der Waals surface area (Å²) in [7, 11) is 2.21. The van der Waals surface area contributed by atoms with E-state index in [1.807, 2.05) is 12.1 Å². The van der Waals surface area contributed by atoms with Gasteiger partial charge in [0.1, 0.15) is 0 Å². The third-order valence-corrected chi connectivity index (χ3v) is 5.81. The first kappa shape index (κ1) is 26.5. The number of benzene rings is 1. The number of ketones is 1. The molecule has 0 saturated carbocycles. The summed E-state index contributed by atoms with van der Waals surface area (Å²) in [5, 5.41) is 0. The second kappa shape index (κ2) is 12.2. The van der Waals surface area contributed by atoms with Crippen LogP contribution in [0.25, 0.3) is 0 Å². The SMILES string of the molecule is CC[NH+](C)C[C@@H]1CCCCN1C(=O)Cc1ccc2c(c1)CCCC2=O.O.O.[Cl-]. The molecule has 3 rings (SSSR count). The summed E-state index contributed by atoms with van der Waals surface area (Å²) >= 11 is 0. The van der Waals surface area contributed by atoms with Crippen LogP contribution in [-0.2, 0) is 17.6 Å². The molecule has 1 saturated heterocycles. The van der Waals surface area contributed by atoms with E-state index in [0.29, 0.717) is 18.9 Å². The predicted molar refractivity (Wildman–Crippen MR) is 106 cm³/mol. The molecule has 0 radical (unpaired) electrons. The molecule has 28 heavy (non-hydrogen) atoms. The minimum atomic E-state index is 0. The summed E-state index contributed by atoms with van der Waals surface area (Å²) < 4.78 is 0. The molecule has 160 valence electrons. The molecule has 6 nitrogen and oxygen atoms in total. The highest BCUT2D eigenvalue weighted by atomic mass is 35.5. The first-order valence-corrected chi connectivity index (χ1v) is 9.84. The lowest BCUT2D eigenvalue weighted by molar-refractivity contribution is -0.879. The molecule has 2 aliphatic rings. The fourth-order valence-corrected chi connectivity index (χ4v) is 4.17. The summed E-state index contributed by atoms with van der Waals surface area (Å²) in [6.45, 7) is 5.22. The Balaban J connectivity index is 0.00000243. The van der Waals surface area contributed by atoms with E-state index in [9.17, 15) is 9.59 Å². The van der Waals surface area contributed by atoms with Crippen LogP contribution < -0.4 is 17.3 Å². The Morgan fingerprint density at radius 1 is 1.18 bits per heavy atom. The van der Waals surface area contributed by atoms with Gasteiger partial charge in [-0.15, -0.1) is 0 Å². The van der Waals surface area contributed by atoms with Gasteiger partial charge in [0, 0.05) is 18.5 Å². The van der Waals surface area contributed by atoms with Crippen LogP contribution in [0.2, 0.25) is 0 Å². The number of carbonyl (C=O) groups excluding carboxylic acids is 2. The lowest BCUT2D eigenvalue weighted by Gasteiger charge is -2.36. The van der Waals surface area contributed by atoms with Crippen molar-refractivity contribution in [2.24, 2.45) is 0 Å². The molecule has 1 fully saturated rings. The van der Waals surface area contributed by atoms with Crippen LogP contribution in [0.5, 0.6) is 0 Å². The van der Waals surface area contributed by atoms with Crippen molar-refractivity contribution in [3.63, 3.8) is 0 Å². The predicted octanol–water partition coefficient (Wildman–Crippen LogP) is -2.98. The summed E-state index contributed by atoms with van der Waals surface area (Å²) in [4.78, 5) is 28.5. The monoisotopic (exact) mass is 414 g/mol. The Labute approximate surface area is 174 Å². The van der Waals surface area contributed by atoms with Crippen LogP contribution in [0.4, 0.5) is 0 Å². The zero-order valence-corrected chi connectivity index (χ0v) is 17.8. The maximum Gasteiger partial charge on any atom is 0.227 e. The molecule has 1 heterocycles. The number of aryl methyl sites for hydroxylation is 1. The van der Waals surface area contributed by atoms with Gasteiger partial charge < -0.3 is 33.2 Å². The number of likely N-dealkylation sites (N-methyl/N-ethyl adjacent to an activating group) is 1. The number of Topliss-reactive ketones (excluding diaryl/α,β-unsaturated/α-hetero) is 1. The zero-order chi connectivity index (χ0) is 17.8. The van der Waals surface area contributed by atoms with Gasteiger partial charge >= 0.3 is 0 Å². The van der Waals surface area contributed by atoms with E-state index in [2.05, 4.69) is 24.9 Å². The lowest BCUT2D eigenvalue weighted by atomic mass is 9.89. The third kappa shape index (κ3) is 6.27. The molecule has 0 bridgehead atoms. The number of hydrogen-bond acceptors (Lipinski definition) is 2. The standard InChI is InChI=1S/C21H30N2O2.ClH.2H2O/c1-3-22(2)15-18-8-4-5-12-23(18)21(25)14-16-10-11-19-17(13-16)7-6-9-20(19)24;;;/h10-11,13,18H,3-9,12,14-15H2,1-2H3;1H;2*1H2/t18-;;;/m0.../s1. The van der Waals surface area contributed by atoms with Gasteiger partial charge in [-0.3, -0.25) is 9.59 Å². The van der Waals surface area contributed by atoms with E-state index in [1.54, 1.807) is 0 Å². The molecule has 0 aromatic heterocycles. The molecule has 1 unspecified atom stereocenters. The van der Waals surface area contributed by atoms with Gasteiger partial charge in [-0.05, 0) is 50.2 Å². The van der Waals surface area contributed by atoms with Crippen molar-refractivity contribution in [3.8, 4) is 0 Å². The number of rotatable bonds is 5. The van der Waals surface area contributed by atoms with E-state index in [1.165, 1.54) is 11.3 Å². The van der Waals surface area contributed by atoms with Gasteiger partial charge in [0.25, 0.3) is 0 Å². The number of halogens is 1. The molecule has 1 aliphatic heterocycles. The summed E-state index contributed by atoms with van der Waals surface area (Å²) in [5.74, 6) is 0.497. The molecule has 1 aliphatic carbocycles. The Morgan fingerprint density at radius 2 is 1.93 bits per heavy atom. The smallest absolute Gasteiger partial charge is 0.227 e. The van der Waals surface area contributed by atoms with Crippen LogP contribution in [0.15, 0.2) is 18.2 Å². The Morgan fingerprint density at radius 3 is 2.64 bits per heavy atom. The first-order chi connectivity index (χ1) is 12.1. The normalized spacial score (nSPS) is 19.4. The number of piperidine rings is 1. The maximum atomic E-state index is 12.9. The fourth-order valence-electron chi connectivity index (χ4n) is 4.17. The van der Waals surface area contributed by atoms with Gasteiger partial charge in [0.2, 0.25) is 5.91 Å². The van der Waals surface area contributed by atoms with Crippen molar-refractivity contribution < 1.29 is 37.8 Å². The van der Waals surface area contributed by atoms with Gasteiger partial charge in [-0.2, -0.15) is 0 Å². The Kier molecular flexibility index (Phi) is 11.5. The number of fused-ring (bicyclic) bond motifs is 1. The molecule has 2 atom stereocenters. The molecular weight excluding hydrogens is 380 g/mol. The summed E-state index contributed by atoms with van der Waals surface area (Å²) in [5.41, 5.74) is 3.05. The Hall–Kier alpha value is -1.47. The van der Waals surface area contributed by atoms with E-state index < -0.39 is 0 Å². The highest BCUT2D eigenvalue weighted by Crippen LogP contribution is 2.23. The highest BCUT2D eigenvalue weighted by molar-refractivity contribution is 5.98. The van der Waals surface area contributed by atoms with Crippen molar-refractivity contribution in [1.29, 1.82) is 0 Å². The molecule has 5 N–H and O–H groups in total. The molecule has 1 aromatic rings. The Bertz CT molecular complexity index is 653. The van der Waals surface area contributed by atoms with Gasteiger partial charge in [0.05, 0.1) is 32.6 Å². The molecule has 7 heteroatoms.